The second-order valence-electron chi connectivity index (χ2n) is 9.71. The minimum absolute atomic E-state index is 0.222. The zero-order chi connectivity index (χ0) is 27.4. The fourth-order valence-electron chi connectivity index (χ4n) is 3.86. The van der Waals surface area contributed by atoms with Crippen molar-refractivity contribution in [2.24, 2.45) is 0 Å². The summed E-state index contributed by atoms with van der Waals surface area (Å²) in [4.78, 5) is 30.0. The van der Waals surface area contributed by atoms with Gasteiger partial charge in [-0.05, 0) is 74.9 Å². The lowest BCUT2D eigenvalue weighted by Crippen LogP contribution is -2.50. The number of ether oxygens (including phenoxy) is 1. The second-order valence-corrected chi connectivity index (χ2v) is 9.71. The van der Waals surface area contributed by atoms with E-state index >= 15 is 0 Å². The molecule has 0 saturated carbocycles. The predicted molar refractivity (Wildman–Crippen MR) is 138 cm³/mol. The summed E-state index contributed by atoms with van der Waals surface area (Å²) in [5.74, 6) is 0.400. The number of halogens is 1. The normalized spacial score (nSPS) is 12.2. The molecule has 0 aliphatic heterocycles. The first-order valence-electron chi connectivity index (χ1n) is 11.9. The molecule has 2 heterocycles. The van der Waals surface area contributed by atoms with Crippen LogP contribution in [0.3, 0.4) is 0 Å². The van der Waals surface area contributed by atoms with Crippen LogP contribution in [0.5, 0.6) is 5.75 Å². The van der Waals surface area contributed by atoms with E-state index < -0.39 is 29.2 Å². The zero-order valence-corrected chi connectivity index (χ0v) is 21.8. The van der Waals surface area contributed by atoms with Gasteiger partial charge in [0, 0.05) is 17.3 Å². The largest absolute Gasteiger partial charge is 0.497 e. The van der Waals surface area contributed by atoms with E-state index in [0.29, 0.717) is 28.5 Å². The lowest BCUT2D eigenvalue weighted by Gasteiger charge is -2.33. The average Bonchev–Trinajstić information content (AvgIpc) is 3.50. The zero-order valence-electron chi connectivity index (χ0n) is 21.8. The Kier molecular flexibility index (Phi) is 7.56. The summed E-state index contributed by atoms with van der Waals surface area (Å²) in [5, 5.41) is 15.2. The molecule has 2 aromatic carbocycles. The fraction of sp³-hybridized carbons (Fsp3) is 0.296. The Bertz CT molecular complexity index is 1420. The molecule has 2 aromatic heterocycles. The third kappa shape index (κ3) is 6.23. The first-order chi connectivity index (χ1) is 18.0. The number of hydrogen-bond donors (Lipinski definition) is 1. The lowest BCUT2D eigenvalue weighted by molar-refractivity contribution is -0.128. The van der Waals surface area contributed by atoms with Gasteiger partial charge >= 0.3 is 0 Å². The number of benzene rings is 2. The van der Waals surface area contributed by atoms with Crippen molar-refractivity contribution in [3.05, 3.63) is 77.8 Å². The first-order valence-corrected chi connectivity index (χ1v) is 11.9. The van der Waals surface area contributed by atoms with E-state index in [0.717, 1.165) is 4.80 Å². The number of furan rings is 1. The van der Waals surface area contributed by atoms with Gasteiger partial charge in [0.2, 0.25) is 11.7 Å². The minimum Gasteiger partial charge on any atom is -0.497 e. The van der Waals surface area contributed by atoms with Crippen molar-refractivity contribution in [2.75, 3.05) is 12.0 Å². The quantitative estimate of drug-likeness (QED) is 0.372. The highest BCUT2D eigenvalue weighted by molar-refractivity contribution is 6.01. The van der Waals surface area contributed by atoms with Gasteiger partial charge in [0.05, 0.1) is 7.11 Å². The lowest BCUT2D eigenvalue weighted by atomic mass is 10.0. The molecule has 0 aliphatic carbocycles. The highest BCUT2D eigenvalue weighted by atomic mass is 19.1. The van der Waals surface area contributed by atoms with E-state index in [-0.39, 0.29) is 12.4 Å². The van der Waals surface area contributed by atoms with Crippen molar-refractivity contribution >= 4 is 17.5 Å². The van der Waals surface area contributed by atoms with E-state index in [1.54, 1.807) is 43.3 Å². The van der Waals surface area contributed by atoms with Gasteiger partial charge in [-0.1, -0.05) is 18.2 Å². The maximum absolute atomic E-state index is 13.9. The minimum atomic E-state index is -1.13. The van der Waals surface area contributed by atoms with Crippen LogP contribution in [0.1, 0.15) is 38.1 Å². The van der Waals surface area contributed by atoms with Crippen molar-refractivity contribution in [3.8, 4) is 17.3 Å². The van der Waals surface area contributed by atoms with Gasteiger partial charge in [-0.25, -0.2) is 4.39 Å². The maximum Gasteiger partial charge on any atom is 0.251 e. The molecule has 11 heteroatoms. The standard InChI is InChI=1S/C27H29FN6O4/c1-17-9-14-22(38-17)25-30-32-33(31-25)16-23(35)34(20-7-6-8-21(15-20)37-5)24(26(36)29-27(2,3)4)18-10-12-19(28)13-11-18/h6-15,24H,16H2,1-5H3,(H,29,36). The van der Waals surface area contributed by atoms with E-state index in [1.807, 2.05) is 20.8 Å². The number of anilines is 1. The van der Waals surface area contributed by atoms with E-state index in [4.69, 9.17) is 9.15 Å². The van der Waals surface area contributed by atoms with Crippen LogP contribution < -0.4 is 15.0 Å². The predicted octanol–water partition coefficient (Wildman–Crippen LogP) is 4.08. The van der Waals surface area contributed by atoms with Crippen molar-refractivity contribution in [3.63, 3.8) is 0 Å². The van der Waals surface area contributed by atoms with Gasteiger partial charge in [-0.3, -0.25) is 14.5 Å². The molecule has 10 nitrogen and oxygen atoms in total. The number of methoxy groups -OCH3 is 1. The summed E-state index contributed by atoms with van der Waals surface area (Å²) in [5.41, 5.74) is 0.222. The molecule has 1 atom stereocenters. The molecule has 0 bridgehead atoms. The van der Waals surface area contributed by atoms with Crippen molar-refractivity contribution in [1.82, 2.24) is 25.5 Å². The molecule has 0 spiro atoms. The van der Waals surface area contributed by atoms with Gasteiger partial charge < -0.3 is 14.5 Å². The van der Waals surface area contributed by atoms with Crippen LogP contribution >= 0.6 is 0 Å². The number of carbonyl (C=O) groups is 2. The molecule has 38 heavy (non-hydrogen) atoms. The summed E-state index contributed by atoms with van der Waals surface area (Å²) in [6, 6.07) is 14.6. The van der Waals surface area contributed by atoms with Gasteiger partial charge in [0.1, 0.15) is 29.9 Å². The second kappa shape index (κ2) is 10.8. The molecule has 2 amide bonds. The SMILES string of the molecule is COc1cccc(N(C(=O)Cn2nnc(-c3ccc(C)o3)n2)C(C(=O)NC(C)(C)C)c2ccc(F)cc2)c1. The van der Waals surface area contributed by atoms with Crippen LogP contribution in [0.2, 0.25) is 0 Å². The number of tetrazole rings is 1. The number of nitrogens with zero attached hydrogens (tertiary/aromatic N) is 5. The highest BCUT2D eigenvalue weighted by Gasteiger charge is 2.35. The number of aryl methyl sites for hydroxylation is 1. The Labute approximate surface area is 219 Å². The molecule has 0 aliphatic rings. The van der Waals surface area contributed by atoms with Crippen molar-refractivity contribution in [1.29, 1.82) is 0 Å². The number of carbonyl (C=O) groups excluding carboxylic acids is 2. The summed E-state index contributed by atoms with van der Waals surface area (Å²) in [6.07, 6.45) is 0. The Hall–Kier alpha value is -4.54. The highest BCUT2D eigenvalue weighted by Crippen LogP contribution is 2.31. The third-order valence-electron chi connectivity index (χ3n) is 5.48. The topological polar surface area (TPSA) is 115 Å². The number of nitrogens with one attached hydrogen (secondary N) is 1. The van der Waals surface area contributed by atoms with Crippen LogP contribution in [0.4, 0.5) is 10.1 Å². The summed E-state index contributed by atoms with van der Waals surface area (Å²) in [6.45, 7) is 6.97. The molecular formula is C27H29FN6O4. The van der Waals surface area contributed by atoms with Crippen LogP contribution in [-0.4, -0.2) is 44.7 Å². The molecule has 198 valence electrons. The summed E-state index contributed by atoms with van der Waals surface area (Å²) < 4.78 is 24.7. The molecule has 0 saturated heterocycles. The number of aromatic nitrogens is 4. The molecule has 0 radical (unpaired) electrons. The smallest absolute Gasteiger partial charge is 0.251 e. The molecule has 0 fully saturated rings. The van der Waals surface area contributed by atoms with Crippen LogP contribution in [-0.2, 0) is 16.1 Å². The monoisotopic (exact) mass is 520 g/mol. The summed E-state index contributed by atoms with van der Waals surface area (Å²) >= 11 is 0. The molecule has 1 N–H and O–H groups in total. The van der Waals surface area contributed by atoms with Crippen LogP contribution in [0.25, 0.3) is 11.6 Å². The van der Waals surface area contributed by atoms with Gasteiger partial charge in [0.15, 0.2) is 5.76 Å². The van der Waals surface area contributed by atoms with E-state index in [1.165, 1.54) is 36.3 Å². The number of amides is 2. The van der Waals surface area contributed by atoms with Crippen LogP contribution in [0.15, 0.2) is 65.1 Å². The molecular weight excluding hydrogens is 491 g/mol. The molecule has 4 rings (SSSR count). The van der Waals surface area contributed by atoms with Crippen molar-refractivity contribution in [2.45, 2.75) is 45.8 Å². The number of rotatable bonds is 8. The number of hydrogen-bond acceptors (Lipinski definition) is 7. The maximum atomic E-state index is 13.9. The Morgan fingerprint density at radius 2 is 1.87 bits per heavy atom. The van der Waals surface area contributed by atoms with Gasteiger partial charge in [-0.15, -0.1) is 10.2 Å². The van der Waals surface area contributed by atoms with E-state index in [2.05, 4.69) is 20.7 Å². The average molecular weight is 521 g/mol. The van der Waals surface area contributed by atoms with Gasteiger partial charge in [-0.2, -0.15) is 4.80 Å². The van der Waals surface area contributed by atoms with Gasteiger partial charge in [0.25, 0.3) is 5.91 Å². The first kappa shape index (κ1) is 26.5. The summed E-state index contributed by atoms with van der Waals surface area (Å²) in [7, 11) is 1.51. The Morgan fingerprint density at radius 3 is 2.50 bits per heavy atom. The Morgan fingerprint density at radius 1 is 1.13 bits per heavy atom. The third-order valence-corrected chi connectivity index (χ3v) is 5.48. The fourth-order valence-corrected chi connectivity index (χ4v) is 3.86. The van der Waals surface area contributed by atoms with Crippen LogP contribution in [0, 0.1) is 12.7 Å². The molecule has 4 aromatic rings. The molecule has 1 unspecified atom stereocenters. The Balaban J connectivity index is 1.76. The van der Waals surface area contributed by atoms with Crippen molar-refractivity contribution < 1.29 is 23.1 Å². The van der Waals surface area contributed by atoms with E-state index in [9.17, 15) is 14.0 Å².